The second kappa shape index (κ2) is 13.1. The van der Waals surface area contributed by atoms with Crippen LogP contribution < -0.4 is 10.1 Å². The van der Waals surface area contributed by atoms with E-state index in [4.69, 9.17) is 4.74 Å². The lowest BCUT2D eigenvalue weighted by Gasteiger charge is -2.43. The Kier molecular flexibility index (Phi) is 8.76. The third-order valence-electron chi connectivity index (χ3n) is 10.2. The van der Waals surface area contributed by atoms with E-state index in [-0.39, 0.29) is 30.4 Å². The Morgan fingerprint density at radius 2 is 1.69 bits per heavy atom. The van der Waals surface area contributed by atoms with Crippen LogP contribution >= 0.6 is 11.3 Å². The lowest BCUT2D eigenvalue weighted by Crippen LogP contribution is -2.51. The summed E-state index contributed by atoms with van der Waals surface area (Å²) in [4.78, 5) is 77.5. The molecule has 2 aromatic carbocycles. The predicted molar refractivity (Wildman–Crippen MR) is 178 cm³/mol. The second-order valence-electron chi connectivity index (χ2n) is 13.0. The van der Waals surface area contributed by atoms with Crippen LogP contribution in [0.5, 0.6) is 5.75 Å². The zero-order valence-electron chi connectivity index (χ0n) is 27.1. The van der Waals surface area contributed by atoms with Gasteiger partial charge < -0.3 is 19.9 Å². The van der Waals surface area contributed by atoms with E-state index in [0.29, 0.717) is 67.1 Å². The molecular formula is C36H39N5O6S. The lowest BCUT2D eigenvalue weighted by molar-refractivity contribution is -0.146. The highest BCUT2D eigenvalue weighted by Gasteiger charge is 2.45. The Morgan fingerprint density at radius 3 is 2.38 bits per heavy atom. The fourth-order valence-electron chi connectivity index (χ4n) is 7.82. The van der Waals surface area contributed by atoms with Crippen LogP contribution in [0.25, 0.3) is 0 Å². The van der Waals surface area contributed by atoms with E-state index in [1.54, 1.807) is 47.3 Å². The highest BCUT2D eigenvalue weighted by atomic mass is 32.1. The van der Waals surface area contributed by atoms with Crippen molar-refractivity contribution in [1.82, 2.24) is 25.0 Å². The minimum atomic E-state index is -0.675. The van der Waals surface area contributed by atoms with E-state index in [2.05, 4.69) is 10.3 Å². The molecule has 1 saturated heterocycles. The Bertz CT molecular complexity index is 1750. The zero-order valence-corrected chi connectivity index (χ0v) is 28.0. The van der Waals surface area contributed by atoms with Gasteiger partial charge in [-0.25, -0.2) is 4.98 Å². The Hall–Kier alpha value is -4.58. The molecule has 1 aliphatic carbocycles. The fraction of sp³-hybridized carbons (Fsp3) is 0.444. The Labute approximate surface area is 283 Å². The zero-order chi connectivity index (χ0) is 33.5. The molecule has 4 heterocycles. The van der Waals surface area contributed by atoms with Crippen LogP contribution in [-0.2, 0) is 16.0 Å². The standard InChI is InChI=1S/C36H39N5O6S/c1-21-38-18-30(48-21)36(46)39-16-15-23(19-39)47-29-13-7-8-22-14-17-40(33(43)25-10-4-3-9-24(25)32(42)37-2)28(31(22)29)20-41-34(44)26-11-5-6-12-27(26)35(41)45/h5-8,11-13,18,23-25,28H,3-4,9-10,14-17,19-20H2,1-2H3,(H,37,42)/t23-,24+,25?,28+/m0/s1. The van der Waals surface area contributed by atoms with Crippen LogP contribution in [0.3, 0.4) is 0 Å². The van der Waals surface area contributed by atoms with Crippen LogP contribution in [0.2, 0.25) is 0 Å². The molecule has 0 spiro atoms. The van der Waals surface area contributed by atoms with Crippen molar-refractivity contribution in [2.45, 2.75) is 57.6 Å². The Morgan fingerprint density at radius 1 is 0.958 bits per heavy atom. The molecule has 2 fully saturated rings. The molecule has 0 bridgehead atoms. The molecule has 12 heteroatoms. The molecule has 0 radical (unpaired) electrons. The number of benzene rings is 2. The number of ether oxygens (including phenoxy) is 1. The first-order valence-corrected chi connectivity index (χ1v) is 17.5. The number of imide groups is 1. The normalized spacial score (nSPS) is 23.6. The predicted octanol–water partition coefficient (Wildman–Crippen LogP) is 4.02. The van der Waals surface area contributed by atoms with Crippen molar-refractivity contribution < 1.29 is 28.7 Å². The summed E-state index contributed by atoms with van der Waals surface area (Å²) in [6.07, 6.45) is 5.49. The number of fused-ring (bicyclic) bond motifs is 2. The van der Waals surface area contributed by atoms with Gasteiger partial charge in [0.05, 0.1) is 41.5 Å². The number of nitrogens with zero attached hydrogens (tertiary/aromatic N) is 4. The van der Waals surface area contributed by atoms with E-state index in [1.165, 1.54) is 16.2 Å². The summed E-state index contributed by atoms with van der Waals surface area (Å²) < 4.78 is 6.66. The minimum Gasteiger partial charge on any atom is -0.488 e. The summed E-state index contributed by atoms with van der Waals surface area (Å²) in [5, 5.41) is 3.58. The van der Waals surface area contributed by atoms with Crippen LogP contribution in [-0.4, -0.2) is 88.6 Å². The van der Waals surface area contributed by atoms with Crippen LogP contribution in [0.4, 0.5) is 0 Å². The monoisotopic (exact) mass is 669 g/mol. The third kappa shape index (κ3) is 5.76. The van der Waals surface area contributed by atoms with Gasteiger partial charge in [0.1, 0.15) is 16.7 Å². The third-order valence-corrected chi connectivity index (χ3v) is 11.1. The van der Waals surface area contributed by atoms with Crippen LogP contribution in [0.1, 0.15) is 84.7 Å². The maximum absolute atomic E-state index is 14.5. The summed E-state index contributed by atoms with van der Waals surface area (Å²) >= 11 is 1.37. The van der Waals surface area contributed by atoms with Crippen molar-refractivity contribution in [2.75, 3.05) is 33.2 Å². The van der Waals surface area contributed by atoms with Crippen LogP contribution in [0, 0.1) is 18.8 Å². The summed E-state index contributed by atoms with van der Waals surface area (Å²) in [6.45, 7) is 3.17. The van der Waals surface area contributed by atoms with Gasteiger partial charge >= 0.3 is 0 Å². The average Bonchev–Trinajstić information content (AvgIpc) is 3.83. The van der Waals surface area contributed by atoms with E-state index >= 15 is 0 Å². The first-order chi connectivity index (χ1) is 23.2. The molecule has 250 valence electrons. The molecule has 11 nitrogen and oxygen atoms in total. The van der Waals surface area contributed by atoms with E-state index in [0.717, 1.165) is 29.0 Å². The number of thiazole rings is 1. The molecule has 4 aliphatic rings. The SMILES string of the molecule is CNC(=O)[C@@H]1CCCCC1C(=O)N1CCc2cccc(O[C@H]3CCN(C(=O)c4cnc(C)s4)C3)c2[C@H]1CN1C(=O)c2ccccc2C1=O. The number of carbonyl (C=O) groups excluding carboxylic acids is 5. The molecular weight excluding hydrogens is 630 g/mol. The molecule has 7 rings (SSSR count). The van der Waals surface area contributed by atoms with Gasteiger partial charge in [-0.1, -0.05) is 37.1 Å². The molecule has 48 heavy (non-hydrogen) atoms. The van der Waals surface area contributed by atoms with Gasteiger partial charge in [-0.2, -0.15) is 0 Å². The van der Waals surface area contributed by atoms with Crippen molar-refractivity contribution in [3.63, 3.8) is 0 Å². The summed E-state index contributed by atoms with van der Waals surface area (Å²) in [5.41, 5.74) is 2.44. The number of aromatic nitrogens is 1. The first-order valence-electron chi connectivity index (χ1n) is 16.7. The maximum Gasteiger partial charge on any atom is 0.265 e. The lowest BCUT2D eigenvalue weighted by atomic mass is 9.77. The topological polar surface area (TPSA) is 129 Å². The smallest absolute Gasteiger partial charge is 0.265 e. The fourth-order valence-corrected chi connectivity index (χ4v) is 8.56. The number of rotatable bonds is 7. The molecule has 1 N–H and O–H groups in total. The second-order valence-corrected chi connectivity index (χ2v) is 14.3. The maximum atomic E-state index is 14.5. The van der Waals surface area contributed by atoms with Gasteiger partial charge in [0, 0.05) is 44.0 Å². The van der Waals surface area contributed by atoms with Gasteiger partial charge in [-0.15, -0.1) is 11.3 Å². The molecule has 4 atom stereocenters. The molecule has 1 aromatic heterocycles. The molecule has 5 amide bonds. The van der Waals surface area contributed by atoms with Crippen molar-refractivity contribution in [2.24, 2.45) is 11.8 Å². The number of aryl methyl sites for hydroxylation is 1. The average molecular weight is 670 g/mol. The summed E-state index contributed by atoms with van der Waals surface area (Å²) in [6, 6.07) is 11.9. The number of amides is 5. The van der Waals surface area contributed by atoms with Gasteiger partial charge in [0.15, 0.2) is 0 Å². The van der Waals surface area contributed by atoms with Crippen molar-refractivity contribution in [3.8, 4) is 5.75 Å². The Balaban J connectivity index is 1.21. The van der Waals surface area contributed by atoms with Gasteiger partial charge in [-0.05, 0) is 49.9 Å². The first kappa shape index (κ1) is 32.0. The van der Waals surface area contributed by atoms with Crippen LogP contribution in [0.15, 0.2) is 48.7 Å². The molecule has 3 aliphatic heterocycles. The number of hydrogen-bond donors (Lipinski definition) is 1. The summed E-state index contributed by atoms with van der Waals surface area (Å²) in [7, 11) is 1.60. The quantitative estimate of drug-likeness (QED) is 0.377. The van der Waals surface area contributed by atoms with Gasteiger partial charge in [-0.3, -0.25) is 28.9 Å². The van der Waals surface area contributed by atoms with Gasteiger partial charge in [0.2, 0.25) is 11.8 Å². The largest absolute Gasteiger partial charge is 0.488 e. The summed E-state index contributed by atoms with van der Waals surface area (Å²) in [5.74, 6) is -1.49. The molecule has 1 unspecified atom stereocenters. The van der Waals surface area contributed by atoms with Gasteiger partial charge in [0.25, 0.3) is 17.7 Å². The number of nitrogens with one attached hydrogen (secondary N) is 1. The van der Waals surface area contributed by atoms with E-state index in [9.17, 15) is 24.0 Å². The highest BCUT2D eigenvalue weighted by molar-refractivity contribution is 7.13. The minimum absolute atomic E-state index is 0.0389. The number of likely N-dealkylation sites (tertiary alicyclic amines) is 1. The highest BCUT2D eigenvalue weighted by Crippen LogP contribution is 2.42. The van der Waals surface area contributed by atoms with Crippen molar-refractivity contribution in [1.29, 1.82) is 0 Å². The molecule has 3 aromatic rings. The van der Waals surface area contributed by atoms with E-state index in [1.807, 2.05) is 25.1 Å². The number of carbonyl (C=O) groups is 5. The van der Waals surface area contributed by atoms with Crippen molar-refractivity contribution >= 4 is 40.9 Å². The van der Waals surface area contributed by atoms with E-state index < -0.39 is 29.7 Å². The van der Waals surface area contributed by atoms with Crippen molar-refractivity contribution in [3.05, 3.63) is 80.8 Å². The molecule has 1 saturated carbocycles. The number of hydrogen-bond acceptors (Lipinski definition) is 8.